The van der Waals surface area contributed by atoms with E-state index < -0.39 is 5.97 Å². The van der Waals surface area contributed by atoms with Crippen molar-refractivity contribution < 1.29 is 9.90 Å². The largest absolute Gasteiger partial charge is 0.478 e. The summed E-state index contributed by atoms with van der Waals surface area (Å²) >= 11 is 0. The van der Waals surface area contributed by atoms with E-state index in [2.05, 4.69) is 19.2 Å². The third kappa shape index (κ3) is 4.70. The Morgan fingerprint density at radius 1 is 1.50 bits per heavy atom. The van der Waals surface area contributed by atoms with Gasteiger partial charge in [-0.15, -0.1) is 0 Å². The molecular formula is C11H19NO2. The van der Waals surface area contributed by atoms with Crippen molar-refractivity contribution in [3.8, 4) is 0 Å². The summed E-state index contributed by atoms with van der Waals surface area (Å²) in [5, 5.41) is 11.8. The predicted octanol–water partition coefficient (Wildman–Crippen LogP) is 2.17. The number of hydrogen-bond acceptors (Lipinski definition) is 2. The predicted molar refractivity (Wildman–Crippen MR) is 58.0 cm³/mol. The van der Waals surface area contributed by atoms with E-state index in [0.29, 0.717) is 17.9 Å². The molecule has 0 aromatic rings. The average molecular weight is 197 g/mol. The Bertz CT molecular complexity index is 252. The molecule has 0 spiro atoms. The number of hydrogen-bond donors (Lipinski definition) is 2. The average Bonchev–Trinajstić information content (AvgIpc) is 2.10. The highest BCUT2D eigenvalue weighted by Gasteiger charge is 2.04. The van der Waals surface area contributed by atoms with Gasteiger partial charge >= 0.3 is 5.97 Å². The zero-order valence-corrected chi connectivity index (χ0v) is 9.29. The lowest BCUT2D eigenvalue weighted by molar-refractivity contribution is -0.132. The number of carboxylic acids is 1. The van der Waals surface area contributed by atoms with Gasteiger partial charge in [-0.25, -0.2) is 4.79 Å². The number of allylic oxidation sites excluding steroid dienone is 2. The molecule has 2 N–H and O–H groups in total. The molecule has 0 rings (SSSR count). The quantitative estimate of drug-likeness (QED) is 0.524. The maximum Gasteiger partial charge on any atom is 0.331 e. The molecule has 0 heterocycles. The van der Waals surface area contributed by atoms with Gasteiger partial charge in [-0.1, -0.05) is 26.8 Å². The first-order chi connectivity index (χ1) is 6.51. The van der Waals surface area contributed by atoms with Crippen molar-refractivity contribution in [2.45, 2.75) is 27.2 Å². The summed E-state index contributed by atoms with van der Waals surface area (Å²) in [7, 11) is 1.79. The number of likely N-dealkylation sites (N-methyl/N-ethyl adjacent to an activating group) is 1. The molecule has 0 atom stereocenters. The van der Waals surface area contributed by atoms with Crippen molar-refractivity contribution in [1.29, 1.82) is 0 Å². The number of carbonyl (C=O) groups is 1. The van der Waals surface area contributed by atoms with Crippen LogP contribution in [0.25, 0.3) is 0 Å². The molecule has 0 aliphatic carbocycles. The summed E-state index contributed by atoms with van der Waals surface area (Å²) in [5.41, 5.74) is 1.28. The smallest absolute Gasteiger partial charge is 0.331 e. The van der Waals surface area contributed by atoms with E-state index in [9.17, 15) is 4.79 Å². The van der Waals surface area contributed by atoms with Gasteiger partial charge in [0, 0.05) is 18.3 Å². The lowest BCUT2D eigenvalue weighted by Crippen LogP contribution is -2.08. The van der Waals surface area contributed by atoms with Crippen molar-refractivity contribution in [3.63, 3.8) is 0 Å². The fourth-order valence-corrected chi connectivity index (χ4v) is 1.07. The van der Waals surface area contributed by atoms with Crippen LogP contribution in [0, 0.1) is 5.92 Å². The molecule has 0 fully saturated rings. The van der Waals surface area contributed by atoms with Crippen LogP contribution in [0.3, 0.4) is 0 Å². The van der Waals surface area contributed by atoms with Gasteiger partial charge in [-0.05, 0) is 18.4 Å². The van der Waals surface area contributed by atoms with Crippen LogP contribution < -0.4 is 5.32 Å². The fourth-order valence-electron chi connectivity index (χ4n) is 1.07. The first kappa shape index (κ1) is 12.8. The zero-order chi connectivity index (χ0) is 11.1. The summed E-state index contributed by atoms with van der Waals surface area (Å²) < 4.78 is 0. The lowest BCUT2D eigenvalue weighted by Gasteiger charge is -2.05. The van der Waals surface area contributed by atoms with Crippen LogP contribution in [0.1, 0.15) is 27.2 Å². The van der Waals surface area contributed by atoms with Gasteiger partial charge in [0.15, 0.2) is 0 Å². The minimum atomic E-state index is -0.850. The maximum absolute atomic E-state index is 10.7. The molecule has 0 saturated heterocycles. The molecule has 0 aromatic carbocycles. The van der Waals surface area contributed by atoms with Gasteiger partial charge in [0.25, 0.3) is 0 Å². The van der Waals surface area contributed by atoms with E-state index in [4.69, 9.17) is 5.11 Å². The molecule has 3 nitrogen and oxygen atoms in total. The highest BCUT2D eigenvalue weighted by atomic mass is 16.4. The number of carboxylic acid groups (broad SMARTS) is 1. The van der Waals surface area contributed by atoms with Crippen LogP contribution in [-0.2, 0) is 4.79 Å². The Kier molecular flexibility index (Phi) is 5.68. The van der Waals surface area contributed by atoms with Gasteiger partial charge in [0.1, 0.15) is 0 Å². The summed E-state index contributed by atoms with van der Waals surface area (Å²) in [4.78, 5) is 10.7. The monoisotopic (exact) mass is 197 g/mol. The molecule has 0 bridgehead atoms. The SMILES string of the molecule is CC/C(=C\C(=C/C(C)C)NC)C(=O)O. The van der Waals surface area contributed by atoms with Crippen LogP contribution in [0.5, 0.6) is 0 Å². The van der Waals surface area contributed by atoms with Crippen LogP contribution in [0.2, 0.25) is 0 Å². The number of nitrogens with one attached hydrogen (secondary N) is 1. The minimum absolute atomic E-state index is 0.403. The van der Waals surface area contributed by atoms with Crippen LogP contribution in [0.15, 0.2) is 23.4 Å². The standard InChI is InChI=1S/C11H19NO2/c1-5-9(11(13)14)7-10(12-4)6-8(2)3/h6-8,12H,5H2,1-4H3,(H,13,14)/b9-7+,10-6+. The van der Waals surface area contributed by atoms with E-state index in [-0.39, 0.29) is 0 Å². The second-order valence-corrected chi connectivity index (χ2v) is 3.44. The minimum Gasteiger partial charge on any atom is -0.478 e. The molecule has 0 amide bonds. The van der Waals surface area contributed by atoms with Crippen LogP contribution in [0.4, 0.5) is 0 Å². The molecule has 3 heteroatoms. The molecule has 0 aromatic heterocycles. The molecular weight excluding hydrogens is 178 g/mol. The zero-order valence-electron chi connectivity index (χ0n) is 9.29. The third-order valence-corrected chi connectivity index (χ3v) is 1.79. The highest BCUT2D eigenvalue weighted by molar-refractivity contribution is 5.87. The molecule has 0 aliphatic rings. The van der Waals surface area contributed by atoms with Crippen molar-refractivity contribution >= 4 is 5.97 Å². The van der Waals surface area contributed by atoms with Crippen molar-refractivity contribution in [1.82, 2.24) is 5.32 Å². The van der Waals surface area contributed by atoms with Crippen molar-refractivity contribution in [2.75, 3.05) is 7.05 Å². The van der Waals surface area contributed by atoms with E-state index >= 15 is 0 Å². The van der Waals surface area contributed by atoms with Gasteiger partial charge in [0.05, 0.1) is 0 Å². The van der Waals surface area contributed by atoms with Crippen molar-refractivity contribution in [3.05, 3.63) is 23.4 Å². The Hall–Kier alpha value is -1.25. The molecule has 80 valence electrons. The van der Waals surface area contributed by atoms with Gasteiger partial charge < -0.3 is 10.4 Å². The van der Waals surface area contributed by atoms with Gasteiger partial charge in [0.2, 0.25) is 0 Å². The third-order valence-electron chi connectivity index (χ3n) is 1.79. The molecule has 0 unspecified atom stereocenters. The molecule has 0 aliphatic heterocycles. The summed E-state index contributed by atoms with van der Waals surface area (Å²) in [6, 6.07) is 0. The van der Waals surface area contributed by atoms with Crippen LogP contribution >= 0.6 is 0 Å². The molecule has 0 saturated carbocycles. The van der Waals surface area contributed by atoms with Crippen molar-refractivity contribution in [2.24, 2.45) is 5.92 Å². The van der Waals surface area contributed by atoms with Gasteiger partial charge in [-0.2, -0.15) is 0 Å². The normalized spacial score (nSPS) is 13.2. The summed E-state index contributed by atoms with van der Waals surface area (Å²) in [5.74, 6) is -0.446. The Morgan fingerprint density at radius 3 is 2.36 bits per heavy atom. The first-order valence-electron chi connectivity index (χ1n) is 4.84. The van der Waals surface area contributed by atoms with Gasteiger partial charge in [-0.3, -0.25) is 0 Å². The van der Waals surface area contributed by atoms with E-state index in [1.54, 1.807) is 13.1 Å². The number of aliphatic carboxylic acids is 1. The van der Waals surface area contributed by atoms with E-state index in [1.165, 1.54) is 0 Å². The Balaban J connectivity index is 4.79. The number of rotatable bonds is 5. The maximum atomic E-state index is 10.7. The van der Waals surface area contributed by atoms with E-state index in [0.717, 1.165) is 5.70 Å². The highest BCUT2D eigenvalue weighted by Crippen LogP contribution is 2.07. The van der Waals surface area contributed by atoms with E-state index in [1.807, 2.05) is 13.0 Å². The lowest BCUT2D eigenvalue weighted by atomic mass is 10.1. The Labute approximate surface area is 85.5 Å². The first-order valence-corrected chi connectivity index (χ1v) is 4.84. The summed E-state index contributed by atoms with van der Waals surface area (Å²) in [6.45, 7) is 5.94. The molecule has 0 radical (unpaired) electrons. The fraction of sp³-hybridized carbons (Fsp3) is 0.545. The topological polar surface area (TPSA) is 49.3 Å². The summed E-state index contributed by atoms with van der Waals surface area (Å²) in [6.07, 6.45) is 4.22. The van der Waals surface area contributed by atoms with Crippen LogP contribution in [-0.4, -0.2) is 18.1 Å². The second kappa shape index (κ2) is 6.24. The Morgan fingerprint density at radius 2 is 2.07 bits per heavy atom. The molecule has 14 heavy (non-hydrogen) atoms. The second-order valence-electron chi connectivity index (χ2n) is 3.44.